The van der Waals surface area contributed by atoms with Crippen molar-refractivity contribution in [2.75, 3.05) is 6.54 Å². The molecule has 0 amide bonds. The fraction of sp³-hybridized carbons (Fsp3) is 0.318. The summed E-state index contributed by atoms with van der Waals surface area (Å²) in [4.78, 5) is 22.2. The van der Waals surface area contributed by atoms with Crippen molar-refractivity contribution < 1.29 is 0 Å². The van der Waals surface area contributed by atoms with Crippen molar-refractivity contribution in [2.24, 2.45) is 4.99 Å². The highest BCUT2D eigenvalue weighted by Crippen LogP contribution is 2.16. The van der Waals surface area contributed by atoms with Gasteiger partial charge in [-0.05, 0) is 38.0 Å². The molecule has 3 aromatic rings. The summed E-state index contributed by atoms with van der Waals surface area (Å²) in [5.41, 5.74) is 3.29. The number of aryl methyl sites for hydroxylation is 2. The van der Waals surface area contributed by atoms with Crippen LogP contribution in [0, 0.1) is 13.8 Å². The number of pyridine rings is 1. The molecular weight excluding hydrogens is 382 g/mol. The lowest BCUT2D eigenvalue weighted by Crippen LogP contribution is -2.36. The van der Waals surface area contributed by atoms with Gasteiger partial charge in [0.15, 0.2) is 5.96 Å². The largest absolute Gasteiger partial charge is 0.357 e. The third kappa shape index (κ3) is 6.02. The lowest BCUT2D eigenvalue weighted by atomic mass is 10.1. The normalized spacial score (nSPS) is 11.5. The molecule has 0 aliphatic rings. The van der Waals surface area contributed by atoms with Gasteiger partial charge in [0.05, 0.1) is 30.3 Å². The molecule has 0 aliphatic carbocycles. The number of benzene rings is 1. The van der Waals surface area contributed by atoms with Gasteiger partial charge in [0.2, 0.25) is 0 Å². The van der Waals surface area contributed by atoms with Crippen molar-refractivity contribution >= 4 is 17.3 Å². The van der Waals surface area contributed by atoms with E-state index in [-0.39, 0.29) is 5.56 Å². The second-order valence-electron chi connectivity index (χ2n) is 6.77. The number of nitrogens with zero attached hydrogens (tertiary/aromatic N) is 3. The molecule has 6 nitrogen and oxygen atoms in total. The minimum Gasteiger partial charge on any atom is -0.357 e. The van der Waals surface area contributed by atoms with Crippen LogP contribution in [0.2, 0.25) is 0 Å². The van der Waals surface area contributed by atoms with Crippen LogP contribution in [0.1, 0.15) is 33.6 Å². The molecule has 2 heterocycles. The Kier molecular flexibility index (Phi) is 7.19. The van der Waals surface area contributed by atoms with Gasteiger partial charge in [0.25, 0.3) is 5.56 Å². The highest BCUT2D eigenvalue weighted by atomic mass is 32.1. The Morgan fingerprint density at radius 1 is 1.10 bits per heavy atom. The molecule has 0 aliphatic heterocycles. The van der Waals surface area contributed by atoms with Crippen LogP contribution in [0.3, 0.4) is 0 Å². The number of rotatable bonds is 7. The van der Waals surface area contributed by atoms with Crippen LogP contribution in [-0.2, 0) is 19.6 Å². The number of thiazole rings is 1. The third-order valence-corrected chi connectivity index (χ3v) is 5.53. The van der Waals surface area contributed by atoms with E-state index in [9.17, 15) is 4.79 Å². The Balaban J connectivity index is 1.60. The van der Waals surface area contributed by atoms with E-state index in [1.807, 2.05) is 32.0 Å². The van der Waals surface area contributed by atoms with Crippen molar-refractivity contribution in [1.29, 1.82) is 0 Å². The Hall–Kier alpha value is -2.93. The van der Waals surface area contributed by atoms with E-state index in [4.69, 9.17) is 0 Å². The molecule has 1 aromatic carbocycles. The predicted octanol–water partition coefficient (Wildman–Crippen LogP) is 3.23. The van der Waals surface area contributed by atoms with Gasteiger partial charge in [-0.2, -0.15) is 0 Å². The first-order valence-electron chi connectivity index (χ1n) is 9.73. The van der Waals surface area contributed by atoms with E-state index in [1.165, 1.54) is 4.88 Å². The van der Waals surface area contributed by atoms with Crippen molar-refractivity contribution in [3.8, 4) is 0 Å². The van der Waals surface area contributed by atoms with Crippen LogP contribution in [0.4, 0.5) is 0 Å². The first-order chi connectivity index (χ1) is 14.0. The Bertz CT molecular complexity index is 1020. The SMILES string of the molecule is CCNC(=NCc1ccc(Cn2ccccc2=O)cc1)NCc1sc(C)nc1C. The summed E-state index contributed by atoms with van der Waals surface area (Å²) in [5.74, 6) is 0.790. The van der Waals surface area contributed by atoms with E-state index in [1.54, 1.807) is 34.2 Å². The molecule has 2 N–H and O–H groups in total. The molecule has 2 aromatic heterocycles. The first-order valence-corrected chi connectivity index (χ1v) is 10.5. The maximum Gasteiger partial charge on any atom is 0.250 e. The maximum absolute atomic E-state index is 11.8. The van der Waals surface area contributed by atoms with E-state index >= 15 is 0 Å². The van der Waals surface area contributed by atoms with Crippen LogP contribution >= 0.6 is 11.3 Å². The van der Waals surface area contributed by atoms with Gasteiger partial charge in [0, 0.05) is 23.7 Å². The molecular formula is C22H27N5OS. The summed E-state index contributed by atoms with van der Waals surface area (Å²) < 4.78 is 1.70. The number of hydrogen-bond acceptors (Lipinski definition) is 4. The van der Waals surface area contributed by atoms with Gasteiger partial charge in [0.1, 0.15) is 0 Å². The van der Waals surface area contributed by atoms with Crippen molar-refractivity contribution in [1.82, 2.24) is 20.2 Å². The van der Waals surface area contributed by atoms with Gasteiger partial charge in [-0.1, -0.05) is 30.3 Å². The summed E-state index contributed by atoms with van der Waals surface area (Å²) in [6.45, 7) is 8.79. The van der Waals surface area contributed by atoms with Crippen LogP contribution in [0.5, 0.6) is 0 Å². The molecule has 0 radical (unpaired) electrons. The van der Waals surface area contributed by atoms with E-state index in [0.29, 0.717) is 19.6 Å². The molecule has 152 valence electrons. The summed E-state index contributed by atoms with van der Waals surface area (Å²) in [7, 11) is 0. The monoisotopic (exact) mass is 409 g/mol. The zero-order valence-corrected chi connectivity index (χ0v) is 17.9. The molecule has 0 spiro atoms. The van der Waals surface area contributed by atoms with Crippen molar-refractivity contribution in [3.63, 3.8) is 0 Å². The molecule has 0 unspecified atom stereocenters. The molecule has 0 fully saturated rings. The summed E-state index contributed by atoms with van der Waals surface area (Å²) in [6.07, 6.45) is 1.81. The van der Waals surface area contributed by atoms with Crippen LogP contribution in [0.15, 0.2) is 58.4 Å². The van der Waals surface area contributed by atoms with Crippen LogP contribution in [0.25, 0.3) is 0 Å². The number of guanidine groups is 1. The van der Waals surface area contributed by atoms with Crippen molar-refractivity contribution in [2.45, 2.75) is 40.4 Å². The highest BCUT2D eigenvalue weighted by molar-refractivity contribution is 7.11. The first kappa shape index (κ1) is 20.8. The zero-order valence-electron chi connectivity index (χ0n) is 17.1. The highest BCUT2D eigenvalue weighted by Gasteiger charge is 2.06. The van der Waals surface area contributed by atoms with E-state index in [2.05, 4.69) is 39.7 Å². The average Bonchev–Trinajstić information content (AvgIpc) is 3.04. The quantitative estimate of drug-likeness (QED) is 0.464. The maximum atomic E-state index is 11.8. The Morgan fingerprint density at radius 3 is 2.52 bits per heavy atom. The van der Waals surface area contributed by atoms with Gasteiger partial charge in [-0.15, -0.1) is 11.3 Å². The third-order valence-electron chi connectivity index (χ3n) is 4.45. The topological polar surface area (TPSA) is 71.3 Å². The number of aliphatic imine (C=N–C) groups is 1. The Morgan fingerprint density at radius 2 is 1.86 bits per heavy atom. The summed E-state index contributed by atoms with van der Waals surface area (Å²) >= 11 is 1.71. The Labute approximate surface area is 175 Å². The summed E-state index contributed by atoms with van der Waals surface area (Å²) in [6, 6.07) is 13.4. The number of hydrogen-bond donors (Lipinski definition) is 2. The molecule has 0 saturated heterocycles. The smallest absolute Gasteiger partial charge is 0.250 e. The minimum atomic E-state index is 0.00824. The lowest BCUT2D eigenvalue weighted by Gasteiger charge is -2.11. The fourth-order valence-electron chi connectivity index (χ4n) is 2.95. The van der Waals surface area contributed by atoms with Gasteiger partial charge in [-0.3, -0.25) is 4.79 Å². The van der Waals surface area contributed by atoms with Crippen molar-refractivity contribution in [3.05, 3.63) is 85.7 Å². The second-order valence-corrected chi connectivity index (χ2v) is 8.06. The van der Waals surface area contributed by atoms with Crippen LogP contribution in [-0.4, -0.2) is 22.1 Å². The molecule has 3 rings (SSSR count). The average molecular weight is 410 g/mol. The summed E-state index contributed by atoms with van der Waals surface area (Å²) in [5, 5.41) is 7.75. The molecule has 29 heavy (non-hydrogen) atoms. The van der Waals surface area contributed by atoms with E-state index < -0.39 is 0 Å². The standard InChI is InChI=1S/C22H27N5OS/c1-4-23-22(25-14-20-16(2)26-17(3)29-20)24-13-18-8-10-19(11-9-18)15-27-12-6-5-7-21(27)28/h5-12H,4,13-15H2,1-3H3,(H2,23,24,25). The fourth-order valence-corrected chi connectivity index (χ4v) is 3.83. The molecule has 0 atom stereocenters. The minimum absolute atomic E-state index is 0.00824. The second kappa shape index (κ2) is 10.0. The molecule has 0 bridgehead atoms. The van der Waals surface area contributed by atoms with Gasteiger partial charge in [-0.25, -0.2) is 9.98 Å². The number of aromatic nitrogens is 2. The van der Waals surface area contributed by atoms with Gasteiger partial charge < -0.3 is 15.2 Å². The molecule has 0 saturated carbocycles. The zero-order chi connectivity index (χ0) is 20.6. The van der Waals surface area contributed by atoms with Gasteiger partial charge >= 0.3 is 0 Å². The molecule has 7 heteroatoms. The predicted molar refractivity (Wildman–Crippen MR) is 119 cm³/mol. The lowest BCUT2D eigenvalue weighted by molar-refractivity contribution is 0.759. The number of nitrogens with one attached hydrogen (secondary N) is 2. The van der Waals surface area contributed by atoms with Crippen LogP contribution < -0.4 is 16.2 Å². The van der Waals surface area contributed by atoms with E-state index in [0.717, 1.165) is 34.3 Å².